The monoisotopic (exact) mass is 241 g/mol. The molecule has 6 heteroatoms. The zero-order valence-corrected chi connectivity index (χ0v) is 12.2. The van der Waals surface area contributed by atoms with Crippen molar-refractivity contribution in [3.63, 3.8) is 0 Å². The van der Waals surface area contributed by atoms with Crippen molar-refractivity contribution < 1.29 is 61.3 Å². The van der Waals surface area contributed by atoms with E-state index in [4.69, 9.17) is 0 Å². The van der Waals surface area contributed by atoms with Crippen molar-refractivity contribution in [1.29, 1.82) is 0 Å². The molecule has 76 valence electrons. The van der Waals surface area contributed by atoms with Gasteiger partial charge in [-0.05, 0) is 13.0 Å². The van der Waals surface area contributed by atoms with Gasteiger partial charge in [-0.1, -0.05) is 18.2 Å². The largest absolute Gasteiger partial charge is 1.00 e. The third-order valence-electron chi connectivity index (χ3n) is 1.95. The normalized spacial score (nSPS) is 9.56. The number of hydrogen-bond donors (Lipinski definition) is 0. The molecule has 0 aliphatic rings. The van der Waals surface area contributed by atoms with E-state index in [1.54, 1.807) is 31.3 Å². The van der Waals surface area contributed by atoms with Crippen LogP contribution in [0.1, 0.15) is 16.1 Å². The Balaban J connectivity index is 0.00000128. The van der Waals surface area contributed by atoms with Crippen molar-refractivity contribution in [3.8, 4) is 5.69 Å². The fraction of sp³-hybridized carbons (Fsp3) is 0.100. The maximum atomic E-state index is 10.8. The van der Waals surface area contributed by atoms with E-state index in [1.807, 2.05) is 0 Å². The van der Waals surface area contributed by atoms with Crippen molar-refractivity contribution >= 4 is 5.97 Å². The molecular weight excluding hydrogens is 233 g/mol. The zero-order chi connectivity index (χ0) is 10.8. The quantitative estimate of drug-likeness (QED) is 0.524. The van der Waals surface area contributed by atoms with E-state index in [2.05, 4.69) is 10.2 Å². The van der Waals surface area contributed by atoms with Gasteiger partial charge in [0.25, 0.3) is 0 Å². The van der Waals surface area contributed by atoms with Crippen LogP contribution in [0.25, 0.3) is 5.69 Å². The number of aromatic nitrogens is 3. The minimum Gasteiger partial charge on any atom is -0.545 e. The maximum Gasteiger partial charge on any atom is 1.00 e. The van der Waals surface area contributed by atoms with Crippen LogP contribution in [-0.4, -0.2) is 21.0 Å². The smallest absolute Gasteiger partial charge is 0.545 e. The second kappa shape index (κ2) is 5.69. The average Bonchev–Trinajstić information content (AvgIpc) is 2.65. The third kappa shape index (κ3) is 2.77. The Labute approximate surface area is 135 Å². The molecule has 1 heterocycles. The van der Waals surface area contributed by atoms with Crippen LogP contribution in [0, 0.1) is 6.92 Å². The number of carboxylic acid groups (broad SMARTS) is 1. The fourth-order valence-electron chi connectivity index (χ4n) is 1.28. The number of hydrogen-bond acceptors (Lipinski definition) is 4. The molecule has 0 atom stereocenters. The van der Waals surface area contributed by atoms with E-state index in [1.165, 1.54) is 10.9 Å². The summed E-state index contributed by atoms with van der Waals surface area (Å²) in [5.74, 6) is -1.24. The predicted molar refractivity (Wildman–Crippen MR) is 50.4 cm³/mol. The van der Waals surface area contributed by atoms with Gasteiger partial charge in [-0.2, -0.15) is 15.0 Å². The Morgan fingerprint density at radius 3 is 2.62 bits per heavy atom. The molecule has 1 aromatic carbocycles. The Morgan fingerprint density at radius 1 is 1.38 bits per heavy atom. The number of rotatable bonds is 2. The summed E-state index contributed by atoms with van der Waals surface area (Å²) >= 11 is 0. The second-order valence-corrected chi connectivity index (χ2v) is 3.08. The number of nitrogens with zero attached hydrogens (tertiary/aromatic N) is 3. The molecule has 2 aromatic rings. The molecule has 16 heavy (non-hydrogen) atoms. The van der Waals surface area contributed by atoms with E-state index < -0.39 is 5.97 Å². The molecule has 0 saturated carbocycles. The van der Waals surface area contributed by atoms with Crippen molar-refractivity contribution in [2.45, 2.75) is 6.92 Å². The standard InChI is InChI=1S/C10H9N3O2.K/c1-7-6-11-13(12-7)9-5-3-2-4-8(9)10(14)15;/h2-6H,1H3,(H,14,15);/q;+1/p-1. The molecule has 0 amide bonds. The number of carbonyl (C=O) groups is 1. The van der Waals surface area contributed by atoms with Gasteiger partial charge in [-0.15, -0.1) is 0 Å². The topological polar surface area (TPSA) is 70.8 Å². The molecular formula is C10H8KN3O2. The molecule has 0 saturated heterocycles. The molecule has 2 rings (SSSR count). The molecule has 0 aliphatic heterocycles. The first-order valence-corrected chi connectivity index (χ1v) is 4.38. The second-order valence-electron chi connectivity index (χ2n) is 3.08. The van der Waals surface area contributed by atoms with Gasteiger partial charge < -0.3 is 9.90 Å². The third-order valence-corrected chi connectivity index (χ3v) is 1.95. The molecule has 0 unspecified atom stereocenters. The SMILES string of the molecule is Cc1cnn(-c2ccccc2C(=O)[O-])n1.[K+]. The van der Waals surface area contributed by atoms with Gasteiger partial charge in [-0.3, -0.25) is 0 Å². The van der Waals surface area contributed by atoms with E-state index in [0.29, 0.717) is 5.69 Å². The first kappa shape index (κ1) is 13.5. The van der Waals surface area contributed by atoms with Crippen LogP contribution >= 0.6 is 0 Å². The molecule has 1 aromatic heterocycles. The van der Waals surface area contributed by atoms with Crippen LogP contribution in [0.2, 0.25) is 0 Å². The van der Waals surface area contributed by atoms with Crippen LogP contribution in [0.5, 0.6) is 0 Å². The summed E-state index contributed by atoms with van der Waals surface area (Å²) in [6, 6.07) is 6.44. The van der Waals surface area contributed by atoms with Crippen molar-refractivity contribution in [2.24, 2.45) is 0 Å². The number of carboxylic acids is 1. The summed E-state index contributed by atoms with van der Waals surface area (Å²) < 4.78 is 0. The van der Waals surface area contributed by atoms with Gasteiger partial charge in [-0.25, -0.2) is 0 Å². The van der Waals surface area contributed by atoms with E-state index in [-0.39, 0.29) is 56.9 Å². The number of aryl methyl sites for hydroxylation is 1. The molecule has 0 fully saturated rings. The van der Waals surface area contributed by atoms with Crippen LogP contribution in [0.4, 0.5) is 0 Å². The predicted octanol–water partition coefficient (Wildman–Crippen LogP) is -3.06. The van der Waals surface area contributed by atoms with Gasteiger partial charge >= 0.3 is 51.4 Å². The van der Waals surface area contributed by atoms with Crippen molar-refractivity contribution in [2.75, 3.05) is 0 Å². The number of para-hydroxylation sites is 1. The van der Waals surface area contributed by atoms with Crippen molar-refractivity contribution in [1.82, 2.24) is 15.0 Å². The summed E-state index contributed by atoms with van der Waals surface area (Å²) in [5.41, 5.74) is 1.21. The van der Waals surface area contributed by atoms with Gasteiger partial charge in [0.1, 0.15) is 0 Å². The summed E-state index contributed by atoms with van der Waals surface area (Å²) in [7, 11) is 0. The molecule has 0 spiro atoms. The van der Waals surface area contributed by atoms with Gasteiger partial charge in [0.05, 0.1) is 23.5 Å². The summed E-state index contributed by atoms with van der Waals surface area (Å²) in [6.45, 7) is 1.78. The molecule has 5 nitrogen and oxygen atoms in total. The number of carbonyl (C=O) groups excluding carboxylic acids is 1. The Hall–Kier alpha value is -0.534. The van der Waals surface area contributed by atoms with E-state index in [9.17, 15) is 9.90 Å². The average molecular weight is 241 g/mol. The van der Waals surface area contributed by atoms with Gasteiger partial charge in [0, 0.05) is 5.56 Å². The fourth-order valence-corrected chi connectivity index (χ4v) is 1.28. The van der Waals surface area contributed by atoms with Gasteiger partial charge in [0.2, 0.25) is 0 Å². The van der Waals surface area contributed by atoms with Gasteiger partial charge in [0.15, 0.2) is 0 Å². The van der Waals surface area contributed by atoms with Crippen LogP contribution in [0.15, 0.2) is 30.5 Å². The van der Waals surface area contributed by atoms with Crippen LogP contribution in [0.3, 0.4) is 0 Å². The minimum atomic E-state index is -1.24. The Kier molecular flexibility index (Phi) is 4.81. The maximum absolute atomic E-state index is 10.8. The van der Waals surface area contributed by atoms with E-state index in [0.717, 1.165) is 5.69 Å². The Bertz CT molecular complexity index is 510. The summed E-state index contributed by atoms with van der Waals surface area (Å²) in [5, 5.41) is 18.8. The Morgan fingerprint density at radius 2 is 2.06 bits per heavy atom. The molecule has 0 bridgehead atoms. The summed E-state index contributed by atoms with van der Waals surface area (Å²) in [4.78, 5) is 12.1. The molecule has 0 radical (unpaired) electrons. The number of aromatic carboxylic acids is 1. The first-order valence-electron chi connectivity index (χ1n) is 4.38. The molecule has 0 N–H and O–H groups in total. The van der Waals surface area contributed by atoms with E-state index >= 15 is 0 Å². The number of benzene rings is 1. The van der Waals surface area contributed by atoms with Crippen LogP contribution in [-0.2, 0) is 0 Å². The van der Waals surface area contributed by atoms with Crippen LogP contribution < -0.4 is 56.5 Å². The zero-order valence-electron chi connectivity index (χ0n) is 9.04. The summed E-state index contributed by atoms with van der Waals surface area (Å²) in [6.07, 6.45) is 1.56. The minimum absolute atomic E-state index is 0. The molecule has 0 aliphatic carbocycles. The first-order chi connectivity index (χ1) is 7.18. The van der Waals surface area contributed by atoms with Crippen molar-refractivity contribution in [3.05, 3.63) is 41.7 Å².